The van der Waals surface area contributed by atoms with Gasteiger partial charge in [0.25, 0.3) is 0 Å². The van der Waals surface area contributed by atoms with Gasteiger partial charge in [0, 0.05) is 41.9 Å². The minimum atomic E-state index is -0.370. The molecule has 3 rings (SSSR count). The molecule has 1 aliphatic carbocycles. The van der Waals surface area contributed by atoms with E-state index in [0.717, 1.165) is 53.5 Å². The molecule has 152 valence electrons. The summed E-state index contributed by atoms with van der Waals surface area (Å²) in [6.45, 7) is 1.60. The van der Waals surface area contributed by atoms with Crippen LogP contribution in [-0.2, 0) is 14.3 Å². The van der Waals surface area contributed by atoms with Crippen molar-refractivity contribution in [2.75, 3.05) is 46.3 Å². The Kier molecular flexibility index (Phi) is 6.96. The van der Waals surface area contributed by atoms with Crippen molar-refractivity contribution in [3.8, 4) is 0 Å². The van der Waals surface area contributed by atoms with Crippen molar-refractivity contribution in [1.29, 1.82) is 0 Å². The summed E-state index contributed by atoms with van der Waals surface area (Å²) in [5.74, 6) is 1.81. The van der Waals surface area contributed by atoms with Gasteiger partial charge < -0.3 is 19.3 Å². The van der Waals surface area contributed by atoms with Crippen LogP contribution in [0.2, 0.25) is 5.02 Å². The number of allylic oxidation sites excluding steroid dienone is 3. The lowest BCUT2D eigenvalue weighted by Crippen LogP contribution is -2.39. The number of thioether (sulfide) groups is 1. The second-order valence-electron chi connectivity index (χ2n) is 7.21. The number of fused-ring (bicyclic) bond motifs is 1. The van der Waals surface area contributed by atoms with Crippen LogP contribution in [0.1, 0.15) is 19.3 Å². The molecule has 0 bridgehead atoms. The molecule has 0 fully saturated rings. The van der Waals surface area contributed by atoms with Gasteiger partial charge in [-0.15, -0.1) is 11.8 Å². The third-order valence-electron chi connectivity index (χ3n) is 4.89. The summed E-state index contributed by atoms with van der Waals surface area (Å²) < 4.78 is 11.6. The molecule has 0 radical (unpaired) electrons. The highest BCUT2D eigenvalue weighted by atomic mass is 35.5. The van der Waals surface area contributed by atoms with Crippen LogP contribution in [0.15, 0.2) is 46.3 Å². The van der Waals surface area contributed by atoms with Crippen molar-refractivity contribution in [1.82, 2.24) is 4.90 Å². The lowest BCUT2D eigenvalue weighted by atomic mass is 9.99. The Balaban J connectivity index is 1.89. The van der Waals surface area contributed by atoms with E-state index in [9.17, 15) is 4.79 Å². The average molecular weight is 423 g/mol. The van der Waals surface area contributed by atoms with E-state index in [4.69, 9.17) is 21.1 Å². The van der Waals surface area contributed by atoms with E-state index in [-0.39, 0.29) is 11.2 Å². The molecular weight excluding hydrogens is 396 g/mol. The summed E-state index contributed by atoms with van der Waals surface area (Å²) in [5.41, 5.74) is 1.79. The van der Waals surface area contributed by atoms with Crippen molar-refractivity contribution in [3.05, 3.63) is 46.4 Å². The predicted molar refractivity (Wildman–Crippen MR) is 115 cm³/mol. The number of amides is 1. The maximum Gasteiger partial charge on any atom is 0.244 e. The van der Waals surface area contributed by atoms with Gasteiger partial charge in [0.2, 0.25) is 5.91 Å². The van der Waals surface area contributed by atoms with Gasteiger partial charge in [-0.2, -0.15) is 0 Å². The highest BCUT2D eigenvalue weighted by Crippen LogP contribution is 2.44. The zero-order valence-corrected chi connectivity index (χ0v) is 18.4. The predicted octanol–water partition coefficient (Wildman–Crippen LogP) is 4.32. The molecule has 0 N–H and O–H groups in total. The largest absolute Gasteiger partial charge is 0.501 e. The topological polar surface area (TPSA) is 42.0 Å². The fraction of sp³-hybridized carbons (Fsp3) is 0.476. The Morgan fingerprint density at radius 1 is 1.32 bits per heavy atom. The number of halogens is 1. The van der Waals surface area contributed by atoms with E-state index in [1.54, 1.807) is 12.0 Å². The lowest BCUT2D eigenvalue weighted by molar-refractivity contribution is -0.117. The summed E-state index contributed by atoms with van der Waals surface area (Å²) in [7, 11) is 7.58. The Morgan fingerprint density at radius 3 is 2.82 bits per heavy atom. The van der Waals surface area contributed by atoms with Crippen LogP contribution in [0.3, 0.4) is 0 Å². The summed E-state index contributed by atoms with van der Waals surface area (Å²) in [4.78, 5) is 18.0. The molecule has 7 heteroatoms. The molecule has 1 aromatic carbocycles. The van der Waals surface area contributed by atoms with Crippen molar-refractivity contribution in [2.24, 2.45) is 0 Å². The van der Waals surface area contributed by atoms with Crippen LogP contribution in [0.5, 0.6) is 0 Å². The van der Waals surface area contributed by atoms with Gasteiger partial charge in [-0.3, -0.25) is 4.79 Å². The second-order valence-corrected chi connectivity index (χ2v) is 8.79. The SMILES string of the molecule is COC1=CC(C2Sc3cc(Cl)ccc3N(C)C2=O)=C(OCCCN(C)C)CC1. The Labute approximate surface area is 176 Å². The molecular formula is C21H27ClN2O3S. The Bertz CT molecular complexity index is 807. The van der Waals surface area contributed by atoms with E-state index < -0.39 is 0 Å². The van der Waals surface area contributed by atoms with Gasteiger partial charge in [0.05, 0.1) is 25.2 Å². The van der Waals surface area contributed by atoms with E-state index >= 15 is 0 Å². The van der Waals surface area contributed by atoms with Crippen LogP contribution in [0.4, 0.5) is 5.69 Å². The van der Waals surface area contributed by atoms with Crippen molar-refractivity contribution < 1.29 is 14.3 Å². The van der Waals surface area contributed by atoms with Gasteiger partial charge in [-0.05, 0) is 44.8 Å². The Hall–Kier alpha value is -1.63. The van der Waals surface area contributed by atoms with Crippen LogP contribution < -0.4 is 4.90 Å². The van der Waals surface area contributed by atoms with Gasteiger partial charge in [0.15, 0.2) is 0 Å². The van der Waals surface area contributed by atoms with E-state index in [2.05, 4.69) is 19.0 Å². The lowest BCUT2D eigenvalue weighted by Gasteiger charge is -2.33. The van der Waals surface area contributed by atoms with Gasteiger partial charge in [0.1, 0.15) is 11.0 Å². The number of ether oxygens (including phenoxy) is 2. The quantitative estimate of drug-likeness (QED) is 0.612. The first kappa shape index (κ1) is 21.1. The van der Waals surface area contributed by atoms with Crippen LogP contribution in [0.25, 0.3) is 0 Å². The number of carbonyl (C=O) groups is 1. The standard InChI is InChI=1S/C21H27ClN2O3S/c1-23(2)10-5-11-27-18-9-7-15(26-4)13-16(18)20-21(25)24(3)17-8-6-14(22)12-19(17)28-20/h6,8,12-13,20H,5,7,9-11H2,1-4H3. The van der Waals surface area contributed by atoms with E-state index in [0.29, 0.717) is 11.6 Å². The van der Waals surface area contributed by atoms with E-state index in [1.165, 1.54) is 11.8 Å². The number of rotatable bonds is 7. The summed E-state index contributed by atoms with van der Waals surface area (Å²) in [6, 6.07) is 5.62. The molecule has 0 aromatic heterocycles. The highest BCUT2D eigenvalue weighted by Gasteiger charge is 2.36. The first-order valence-corrected chi connectivity index (χ1v) is 10.7. The number of hydrogen-bond donors (Lipinski definition) is 0. The molecule has 1 amide bonds. The molecule has 2 aliphatic rings. The maximum atomic E-state index is 13.1. The Morgan fingerprint density at radius 2 is 2.11 bits per heavy atom. The summed E-state index contributed by atoms with van der Waals surface area (Å²) >= 11 is 7.72. The number of carbonyl (C=O) groups excluding carboxylic acids is 1. The molecule has 1 unspecified atom stereocenters. The van der Waals surface area contributed by atoms with Crippen LogP contribution >= 0.6 is 23.4 Å². The average Bonchev–Trinajstić information content (AvgIpc) is 2.67. The molecule has 1 aromatic rings. The van der Waals surface area contributed by atoms with Gasteiger partial charge >= 0.3 is 0 Å². The number of anilines is 1. The zero-order valence-electron chi connectivity index (χ0n) is 16.8. The molecule has 1 aliphatic heterocycles. The fourth-order valence-corrected chi connectivity index (χ4v) is 4.95. The minimum absolute atomic E-state index is 0.0396. The number of hydrogen-bond acceptors (Lipinski definition) is 5. The number of methoxy groups -OCH3 is 1. The normalized spacial score (nSPS) is 19.6. The number of nitrogens with zero attached hydrogens (tertiary/aromatic N) is 2. The van der Waals surface area contributed by atoms with Crippen molar-refractivity contribution >= 4 is 35.0 Å². The highest BCUT2D eigenvalue weighted by molar-refractivity contribution is 8.01. The minimum Gasteiger partial charge on any atom is -0.501 e. The smallest absolute Gasteiger partial charge is 0.244 e. The van der Waals surface area contributed by atoms with Crippen LogP contribution in [-0.4, -0.2) is 57.5 Å². The van der Waals surface area contributed by atoms with E-state index in [1.807, 2.05) is 31.3 Å². The maximum absolute atomic E-state index is 13.1. The molecule has 0 saturated heterocycles. The third kappa shape index (κ3) is 4.67. The first-order chi connectivity index (χ1) is 13.4. The first-order valence-electron chi connectivity index (χ1n) is 9.39. The number of benzene rings is 1. The monoisotopic (exact) mass is 422 g/mol. The molecule has 1 atom stereocenters. The van der Waals surface area contributed by atoms with Crippen LogP contribution in [0, 0.1) is 0 Å². The molecule has 28 heavy (non-hydrogen) atoms. The molecule has 1 heterocycles. The van der Waals surface area contributed by atoms with Crippen molar-refractivity contribution in [3.63, 3.8) is 0 Å². The summed E-state index contributed by atoms with van der Waals surface area (Å²) in [6.07, 6.45) is 4.44. The van der Waals surface area contributed by atoms with Gasteiger partial charge in [-0.1, -0.05) is 11.6 Å². The molecule has 0 spiro atoms. The van der Waals surface area contributed by atoms with Crippen molar-refractivity contribution in [2.45, 2.75) is 29.4 Å². The molecule has 0 saturated carbocycles. The van der Waals surface area contributed by atoms with Gasteiger partial charge in [-0.25, -0.2) is 0 Å². The summed E-state index contributed by atoms with van der Waals surface area (Å²) in [5, 5.41) is 0.295. The molecule has 5 nitrogen and oxygen atoms in total. The zero-order chi connectivity index (χ0) is 20.3. The second kappa shape index (κ2) is 9.25. The third-order valence-corrected chi connectivity index (χ3v) is 6.40. The fourth-order valence-electron chi connectivity index (χ4n) is 3.35.